The summed E-state index contributed by atoms with van der Waals surface area (Å²) in [5.41, 5.74) is 1.14. The van der Waals surface area contributed by atoms with Crippen molar-refractivity contribution in [3.8, 4) is 5.75 Å². The monoisotopic (exact) mass is 407 g/mol. The summed E-state index contributed by atoms with van der Waals surface area (Å²) >= 11 is 9.17. The van der Waals surface area contributed by atoms with Crippen LogP contribution in [0, 0.1) is 6.92 Å². The zero-order valence-electron chi connectivity index (χ0n) is 12.2. The Kier molecular flexibility index (Phi) is 5.59. The van der Waals surface area contributed by atoms with E-state index >= 15 is 0 Å². The van der Waals surface area contributed by atoms with Crippen molar-refractivity contribution in [1.82, 2.24) is 9.78 Å². The van der Waals surface area contributed by atoms with E-state index in [1.807, 2.05) is 6.92 Å². The summed E-state index contributed by atoms with van der Waals surface area (Å²) in [6, 6.07) is 3.48. The Balaban J connectivity index is 2.09. The number of hydrogen-bond acceptors (Lipinski definition) is 3. The number of amides is 1. The number of aromatic nitrogens is 2. The van der Waals surface area contributed by atoms with Gasteiger partial charge in [-0.2, -0.15) is 13.9 Å². The average molecular weight is 409 g/mol. The molecular weight excluding hydrogens is 396 g/mol. The zero-order chi connectivity index (χ0) is 17.1. The van der Waals surface area contributed by atoms with Crippen LogP contribution in [-0.2, 0) is 4.79 Å². The van der Waals surface area contributed by atoms with Crippen LogP contribution in [0.4, 0.5) is 14.5 Å². The van der Waals surface area contributed by atoms with Crippen molar-refractivity contribution in [2.45, 2.75) is 26.5 Å². The average Bonchev–Trinajstić information content (AvgIpc) is 2.80. The van der Waals surface area contributed by atoms with E-state index in [1.54, 1.807) is 13.1 Å². The summed E-state index contributed by atoms with van der Waals surface area (Å²) in [6.45, 7) is 0.533. The summed E-state index contributed by atoms with van der Waals surface area (Å²) in [5.74, 6) is -0.474. The summed E-state index contributed by atoms with van der Waals surface area (Å²) in [4.78, 5) is 12.2. The lowest BCUT2D eigenvalue weighted by Crippen LogP contribution is -2.24. The first-order chi connectivity index (χ1) is 10.8. The largest absolute Gasteiger partial charge is 0.433 e. The second-order valence-electron chi connectivity index (χ2n) is 4.73. The maximum Gasteiger partial charge on any atom is 0.387 e. The van der Waals surface area contributed by atoms with Gasteiger partial charge in [0, 0.05) is 11.9 Å². The van der Waals surface area contributed by atoms with E-state index in [4.69, 9.17) is 11.6 Å². The Labute approximate surface area is 144 Å². The van der Waals surface area contributed by atoms with Crippen LogP contribution in [0.5, 0.6) is 5.75 Å². The second kappa shape index (κ2) is 7.27. The van der Waals surface area contributed by atoms with E-state index in [-0.39, 0.29) is 16.7 Å². The molecule has 124 valence electrons. The van der Waals surface area contributed by atoms with Gasteiger partial charge in [-0.3, -0.25) is 9.48 Å². The lowest BCUT2D eigenvalue weighted by atomic mass is 10.2. The minimum atomic E-state index is -2.96. The van der Waals surface area contributed by atoms with Crippen LogP contribution in [-0.4, -0.2) is 22.3 Å². The van der Waals surface area contributed by atoms with Gasteiger partial charge in [0.15, 0.2) is 0 Å². The fraction of sp³-hybridized carbons (Fsp3) is 0.286. The topological polar surface area (TPSA) is 56.2 Å². The molecule has 0 radical (unpaired) electrons. The standard InChI is InChI=1S/C14H13BrClF2N3O2/c1-7-10(15)6-21(20-7)8(2)13(22)19-9-3-4-12(11(16)5-9)23-14(17)18/h3-6,8,14H,1-2H3,(H,19,22). The molecule has 0 spiro atoms. The molecule has 1 unspecified atom stereocenters. The highest BCUT2D eigenvalue weighted by molar-refractivity contribution is 9.10. The van der Waals surface area contributed by atoms with Gasteiger partial charge < -0.3 is 10.1 Å². The molecule has 1 aromatic carbocycles. The summed E-state index contributed by atoms with van der Waals surface area (Å²) in [6.07, 6.45) is 1.70. The number of nitrogens with zero attached hydrogens (tertiary/aromatic N) is 2. The van der Waals surface area contributed by atoms with E-state index < -0.39 is 12.7 Å². The van der Waals surface area contributed by atoms with Crippen LogP contribution in [0.3, 0.4) is 0 Å². The van der Waals surface area contributed by atoms with Crippen molar-refractivity contribution < 1.29 is 18.3 Å². The molecular formula is C14H13BrClF2N3O2. The van der Waals surface area contributed by atoms with Crippen LogP contribution in [0.15, 0.2) is 28.9 Å². The third-order valence-electron chi connectivity index (χ3n) is 3.05. The fourth-order valence-electron chi connectivity index (χ4n) is 1.79. The van der Waals surface area contributed by atoms with Gasteiger partial charge in [0.25, 0.3) is 0 Å². The molecule has 23 heavy (non-hydrogen) atoms. The van der Waals surface area contributed by atoms with Crippen LogP contribution >= 0.6 is 27.5 Å². The normalized spacial score (nSPS) is 12.3. The van der Waals surface area contributed by atoms with Gasteiger partial charge in [0.1, 0.15) is 11.8 Å². The van der Waals surface area contributed by atoms with Crippen molar-refractivity contribution in [2.75, 3.05) is 5.32 Å². The van der Waals surface area contributed by atoms with Gasteiger partial charge in [0.2, 0.25) is 5.91 Å². The number of halogens is 4. The summed E-state index contributed by atoms with van der Waals surface area (Å²) < 4.78 is 30.9. The minimum absolute atomic E-state index is 0.0200. The number of aryl methyl sites for hydroxylation is 1. The highest BCUT2D eigenvalue weighted by Crippen LogP contribution is 2.29. The first-order valence-electron chi connectivity index (χ1n) is 6.54. The molecule has 0 saturated heterocycles. The Morgan fingerprint density at radius 1 is 1.48 bits per heavy atom. The van der Waals surface area contributed by atoms with Gasteiger partial charge in [0.05, 0.1) is 15.2 Å². The van der Waals surface area contributed by atoms with E-state index in [0.29, 0.717) is 5.69 Å². The SMILES string of the molecule is Cc1nn(C(C)C(=O)Nc2ccc(OC(F)F)c(Cl)c2)cc1Br. The molecule has 5 nitrogen and oxygen atoms in total. The summed E-state index contributed by atoms with van der Waals surface area (Å²) in [7, 11) is 0. The van der Waals surface area contributed by atoms with Crippen LogP contribution < -0.4 is 10.1 Å². The fourth-order valence-corrected chi connectivity index (χ4v) is 2.31. The number of carbonyl (C=O) groups is 1. The van der Waals surface area contributed by atoms with Gasteiger partial charge >= 0.3 is 6.61 Å². The third-order valence-corrected chi connectivity index (χ3v) is 4.12. The molecule has 0 aliphatic carbocycles. The number of nitrogens with one attached hydrogen (secondary N) is 1. The Bertz CT molecular complexity index is 705. The predicted octanol–water partition coefficient (Wildman–Crippen LogP) is 4.41. The smallest absolute Gasteiger partial charge is 0.387 e. The van der Waals surface area contributed by atoms with Gasteiger partial charge in [-0.15, -0.1) is 0 Å². The highest BCUT2D eigenvalue weighted by atomic mass is 79.9. The number of benzene rings is 1. The molecule has 1 heterocycles. The highest BCUT2D eigenvalue weighted by Gasteiger charge is 2.18. The van der Waals surface area contributed by atoms with Gasteiger partial charge in [-0.05, 0) is 48.0 Å². The molecule has 9 heteroatoms. The number of carbonyl (C=O) groups excluding carboxylic acids is 1. The number of anilines is 1. The molecule has 0 aliphatic heterocycles. The first-order valence-corrected chi connectivity index (χ1v) is 7.71. The van der Waals surface area contributed by atoms with Crippen LogP contribution in [0.25, 0.3) is 0 Å². The molecule has 2 rings (SSSR count). The minimum Gasteiger partial charge on any atom is -0.433 e. The van der Waals surface area contributed by atoms with Crippen molar-refractivity contribution in [2.24, 2.45) is 0 Å². The molecule has 1 N–H and O–H groups in total. The van der Waals surface area contributed by atoms with E-state index in [1.165, 1.54) is 22.9 Å². The van der Waals surface area contributed by atoms with Crippen molar-refractivity contribution in [3.63, 3.8) is 0 Å². The molecule has 0 bridgehead atoms. The Morgan fingerprint density at radius 2 is 2.17 bits per heavy atom. The molecule has 0 aliphatic rings. The second-order valence-corrected chi connectivity index (χ2v) is 5.99. The van der Waals surface area contributed by atoms with Crippen LogP contribution in [0.1, 0.15) is 18.7 Å². The van der Waals surface area contributed by atoms with E-state index in [9.17, 15) is 13.6 Å². The van der Waals surface area contributed by atoms with E-state index in [2.05, 4.69) is 31.1 Å². The maximum atomic E-state index is 12.2. The molecule has 1 aromatic heterocycles. The lowest BCUT2D eigenvalue weighted by molar-refractivity contribution is -0.119. The predicted molar refractivity (Wildman–Crippen MR) is 86.1 cm³/mol. The first kappa shape index (κ1) is 17.7. The molecule has 1 atom stereocenters. The molecule has 0 fully saturated rings. The Hall–Kier alpha value is -1.67. The van der Waals surface area contributed by atoms with Crippen LogP contribution in [0.2, 0.25) is 5.02 Å². The quantitative estimate of drug-likeness (QED) is 0.797. The molecule has 1 amide bonds. The third kappa shape index (κ3) is 4.42. The zero-order valence-corrected chi connectivity index (χ0v) is 14.5. The van der Waals surface area contributed by atoms with Crippen molar-refractivity contribution >= 4 is 39.1 Å². The maximum absolute atomic E-state index is 12.2. The van der Waals surface area contributed by atoms with Crippen molar-refractivity contribution in [3.05, 3.63) is 39.6 Å². The van der Waals surface area contributed by atoms with E-state index in [0.717, 1.165) is 10.2 Å². The Morgan fingerprint density at radius 3 is 2.70 bits per heavy atom. The van der Waals surface area contributed by atoms with Gasteiger partial charge in [-0.1, -0.05) is 11.6 Å². The summed E-state index contributed by atoms with van der Waals surface area (Å²) in [5, 5.41) is 6.84. The number of hydrogen-bond donors (Lipinski definition) is 1. The number of rotatable bonds is 5. The molecule has 0 saturated carbocycles. The lowest BCUT2D eigenvalue weighted by Gasteiger charge is -2.14. The molecule has 2 aromatic rings. The number of ether oxygens (including phenoxy) is 1. The number of alkyl halides is 2. The van der Waals surface area contributed by atoms with Crippen molar-refractivity contribution in [1.29, 1.82) is 0 Å². The van der Waals surface area contributed by atoms with Gasteiger partial charge in [-0.25, -0.2) is 0 Å².